The monoisotopic (exact) mass is 1190 g/mol. The first-order valence-corrected chi connectivity index (χ1v) is 30.2. The summed E-state index contributed by atoms with van der Waals surface area (Å²) >= 11 is 12.0. The van der Waals surface area contributed by atoms with Gasteiger partial charge in [-0.3, -0.25) is 28.0 Å². The lowest BCUT2D eigenvalue weighted by atomic mass is 10.1. The predicted molar refractivity (Wildman–Crippen MR) is 306 cm³/mol. The topological polar surface area (TPSA) is 209 Å². The first kappa shape index (κ1) is 58.7. The molecule has 0 amide bonds. The summed E-state index contributed by atoms with van der Waals surface area (Å²) in [4.78, 5) is 48.5. The molecule has 8 aromatic rings. The highest BCUT2D eigenvalue weighted by Gasteiger charge is 2.24. The molecule has 0 radical (unpaired) electrons. The number of halogens is 4. The minimum atomic E-state index is -4.20. The van der Waals surface area contributed by atoms with Crippen LogP contribution in [0.15, 0.2) is 129 Å². The zero-order valence-electron chi connectivity index (χ0n) is 44.5. The van der Waals surface area contributed by atoms with Gasteiger partial charge in [-0.2, -0.15) is 0 Å². The Balaban J connectivity index is 0.000000196. The van der Waals surface area contributed by atoms with Gasteiger partial charge < -0.3 is 19.1 Å². The third kappa shape index (κ3) is 14.4. The van der Waals surface area contributed by atoms with Crippen molar-refractivity contribution >= 4 is 60.0 Å². The van der Waals surface area contributed by atoms with Crippen molar-refractivity contribution in [3.05, 3.63) is 169 Å². The van der Waals surface area contributed by atoms with E-state index in [1.807, 2.05) is 6.07 Å². The third-order valence-corrected chi connectivity index (χ3v) is 18.1. The number of piperidine rings is 1. The molecule has 2 aliphatic rings. The van der Waals surface area contributed by atoms with E-state index in [0.29, 0.717) is 63.4 Å². The molecule has 0 bridgehead atoms. The van der Waals surface area contributed by atoms with Crippen LogP contribution < -0.4 is 25.3 Å². The van der Waals surface area contributed by atoms with E-state index in [0.717, 1.165) is 101 Å². The lowest BCUT2D eigenvalue weighted by molar-refractivity contribution is 0.0374. The first-order chi connectivity index (χ1) is 39.0. The Morgan fingerprint density at radius 1 is 0.580 bits per heavy atom. The molecule has 0 atom stereocenters. The fourth-order valence-corrected chi connectivity index (χ4v) is 13.2. The summed E-state index contributed by atoms with van der Waals surface area (Å²) in [5.41, 5.74) is 5.23. The van der Waals surface area contributed by atoms with Crippen LogP contribution >= 0.6 is 23.2 Å². The second-order valence-corrected chi connectivity index (χ2v) is 24.1. The molecule has 1 N–H and O–H groups in total. The van der Waals surface area contributed by atoms with E-state index in [4.69, 9.17) is 37.4 Å². The lowest BCUT2D eigenvalue weighted by Crippen LogP contribution is -2.37. The minimum absolute atomic E-state index is 0.0211. The highest BCUT2D eigenvalue weighted by molar-refractivity contribution is 7.93. The first-order valence-electron chi connectivity index (χ1n) is 26.3. The van der Waals surface area contributed by atoms with Crippen LogP contribution in [-0.2, 0) is 43.9 Å². The second kappa shape index (κ2) is 26.3. The van der Waals surface area contributed by atoms with Crippen molar-refractivity contribution in [2.75, 3.05) is 77.2 Å². The van der Waals surface area contributed by atoms with Gasteiger partial charge in [-0.1, -0.05) is 29.6 Å². The molecule has 426 valence electrons. The Kier molecular flexibility index (Phi) is 19.1. The van der Waals surface area contributed by atoms with Crippen molar-refractivity contribution < 1.29 is 39.8 Å². The number of hydrogen-bond acceptors (Lipinski definition) is 15. The molecule has 2 aliphatic heterocycles. The van der Waals surface area contributed by atoms with Crippen molar-refractivity contribution in [2.24, 2.45) is 0 Å². The highest BCUT2D eigenvalue weighted by Crippen LogP contribution is 2.33. The zero-order chi connectivity index (χ0) is 57.3. The van der Waals surface area contributed by atoms with Gasteiger partial charge >= 0.3 is 0 Å². The number of morpholine rings is 1. The van der Waals surface area contributed by atoms with Crippen molar-refractivity contribution in [3.63, 3.8) is 0 Å². The predicted octanol–water partition coefficient (Wildman–Crippen LogP) is 8.62. The fourth-order valence-electron chi connectivity index (χ4n) is 9.75. The molecule has 2 fully saturated rings. The average Bonchev–Trinajstić information content (AvgIpc) is 3.50. The molecule has 2 aromatic carbocycles. The van der Waals surface area contributed by atoms with Crippen LogP contribution in [0, 0.1) is 11.6 Å². The van der Waals surface area contributed by atoms with E-state index in [2.05, 4.69) is 34.5 Å². The van der Waals surface area contributed by atoms with Gasteiger partial charge in [0.2, 0.25) is 11.8 Å². The average molecular weight is 1190 g/mol. The maximum Gasteiger partial charge on any atom is 0.263 e. The van der Waals surface area contributed by atoms with E-state index < -0.39 is 31.5 Å². The lowest BCUT2D eigenvalue weighted by Gasteiger charge is -2.26. The minimum Gasteiger partial charge on any atom is -0.481 e. The van der Waals surface area contributed by atoms with Gasteiger partial charge in [-0.05, 0) is 144 Å². The number of rotatable bonds is 19. The molecule has 10 rings (SSSR count). The van der Waals surface area contributed by atoms with Crippen LogP contribution in [0.1, 0.15) is 48.8 Å². The largest absolute Gasteiger partial charge is 0.481 e. The van der Waals surface area contributed by atoms with Crippen LogP contribution in [0.5, 0.6) is 11.8 Å². The maximum absolute atomic E-state index is 13.5. The molecule has 0 aliphatic carbocycles. The smallest absolute Gasteiger partial charge is 0.263 e. The number of methoxy groups -OCH3 is 2. The number of pyridine rings is 4. The molecule has 18 nitrogen and oxygen atoms in total. The van der Waals surface area contributed by atoms with Gasteiger partial charge in [0, 0.05) is 89.2 Å². The number of benzene rings is 2. The van der Waals surface area contributed by atoms with Crippen molar-refractivity contribution in [2.45, 2.75) is 61.2 Å². The zero-order valence-corrected chi connectivity index (χ0v) is 47.6. The van der Waals surface area contributed by atoms with Crippen LogP contribution in [-0.4, -0.2) is 128 Å². The normalized spacial score (nSPS) is 14.4. The van der Waals surface area contributed by atoms with Gasteiger partial charge in [0.05, 0.1) is 48.1 Å². The molecule has 24 heteroatoms. The van der Waals surface area contributed by atoms with Gasteiger partial charge in [-0.25, -0.2) is 45.6 Å². The Labute approximate surface area is 477 Å². The van der Waals surface area contributed by atoms with Crippen LogP contribution in [0.3, 0.4) is 0 Å². The Morgan fingerprint density at radius 2 is 1.10 bits per heavy atom. The molecule has 81 heavy (non-hydrogen) atoms. The van der Waals surface area contributed by atoms with Crippen LogP contribution in [0.2, 0.25) is 10.0 Å². The van der Waals surface area contributed by atoms with Crippen LogP contribution in [0.25, 0.3) is 33.5 Å². The third-order valence-electron chi connectivity index (χ3n) is 14.1. The van der Waals surface area contributed by atoms with Gasteiger partial charge in [-0.15, -0.1) is 0 Å². The number of likely N-dealkylation sites (tertiary alicyclic amines) is 1. The number of sulfone groups is 1. The van der Waals surface area contributed by atoms with E-state index in [9.17, 15) is 35.2 Å². The maximum atomic E-state index is 13.5. The van der Waals surface area contributed by atoms with Gasteiger partial charge in [0.15, 0.2) is 9.84 Å². The number of sulfonamides is 1. The number of fused-ring (bicyclic) bond motifs is 2. The van der Waals surface area contributed by atoms with E-state index in [1.54, 1.807) is 59.7 Å². The Hall–Kier alpha value is -6.92. The number of hydrogen-bond donors (Lipinski definition) is 1. The van der Waals surface area contributed by atoms with E-state index >= 15 is 0 Å². The number of anilines is 1. The van der Waals surface area contributed by atoms with Crippen molar-refractivity contribution in [1.82, 2.24) is 38.5 Å². The van der Waals surface area contributed by atoms with E-state index in [1.165, 1.54) is 56.2 Å². The van der Waals surface area contributed by atoms with Crippen molar-refractivity contribution in [3.8, 4) is 34.0 Å². The number of aromatic nitrogens is 6. The second-order valence-electron chi connectivity index (χ2n) is 19.5. The molecular weight excluding hydrogens is 1130 g/mol. The number of aryl methyl sites for hydroxylation is 3. The molecule has 8 heterocycles. The number of nitrogens with zero attached hydrogens (tertiary/aromatic N) is 8. The summed E-state index contributed by atoms with van der Waals surface area (Å²) in [5, 5.41) is -0.428. The summed E-state index contributed by atoms with van der Waals surface area (Å²) in [6, 6.07) is 16.6. The molecule has 0 unspecified atom stereocenters. The summed E-state index contributed by atoms with van der Waals surface area (Å²) < 4.78 is 100. The molecule has 0 spiro atoms. The summed E-state index contributed by atoms with van der Waals surface area (Å²) in [6.07, 6.45) is 16.7. The summed E-state index contributed by atoms with van der Waals surface area (Å²) in [6.45, 7) is 7.35. The number of ether oxygens (including phenoxy) is 3. The molecule has 0 saturated carbocycles. The summed E-state index contributed by atoms with van der Waals surface area (Å²) in [5.74, 6) is -1.23. The Morgan fingerprint density at radius 3 is 1.64 bits per heavy atom. The van der Waals surface area contributed by atoms with Gasteiger partial charge in [0.25, 0.3) is 21.1 Å². The highest BCUT2D eigenvalue weighted by atomic mass is 35.5. The summed E-state index contributed by atoms with van der Waals surface area (Å²) in [7, 11) is -5.19. The standard InChI is InChI=1S/C30H32ClFN4O4S.C27H27ClFN5O5S/c1-40-29-21(11-15-41(38,39)27-9-8-25(32)17-26(27)31)16-24(19-34-29)23-7-10-28-33-18-22(30(37)36(28)20-23)6-5-14-35-12-3-2-4-13-35;1-38-26-23(32-40(36,37)24-6-5-21(29)14-22(24)28)13-20(16-31-26)19-4-7-25-30-15-18(27(35)34(25)17-19)3-2-8-33-9-11-39-12-10-33/h7-10,16-20H,2-6,11-15H2,1H3;4-7,13-17,32H,2-3,8-12H2,1H3. The van der Waals surface area contributed by atoms with Crippen LogP contribution in [0.4, 0.5) is 14.5 Å². The molecular formula is C57H59Cl2F2N9O9S2. The SMILES string of the molecule is COc1ncc(-c2ccc3ncc(CCCN4CCCCC4)c(=O)n3c2)cc1CCS(=O)(=O)c1ccc(F)cc1Cl.COc1ncc(-c2ccc3ncc(CCCN4CCOCC4)c(=O)n3c2)cc1NS(=O)(=O)c1ccc(F)cc1Cl. The molecule has 6 aromatic heterocycles. The molecule has 2 saturated heterocycles. The van der Waals surface area contributed by atoms with E-state index in [-0.39, 0.29) is 54.7 Å². The number of nitrogens with one attached hydrogen (secondary N) is 1. The van der Waals surface area contributed by atoms with Crippen molar-refractivity contribution in [1.29, 1.82) is 0 Å². The quantitative estimate of drug-likeness (QED) is 0.0752. The Bertz CT molecular complexity index is 3940. The van der Waals surface area contributed by atoms with Gasteiger partial charge in [0.1, 0.15) is 33.5 Å². The fraction of sp³-hybridized carbons (Fsp3) is 0.333.